The molecule has 0 spiro atoms. The molecule has 108 valence electrons. The fourth-order valence-corrected chi connectivity index (χ4v) is 2.16. The Kier molecular flexibility index (Phi) is 6.44. The molecule has 1 aromatic carbocycles. The topological polar surface area (TPSA) is 75.6 Å². The quantitative estimate of drug-likeness (QED) is 0.747. The van der Waals surface area contributed by atoms with E-state index in [1.165, 1.54) is 0 Å². The van der Waals surface area contributed by atoms with Gasteiger partial charge in [-0.3, -0.25) is 0 Å². The zero-order valence-electron chi connectivity index (χ0n) is 11.3. The van der Waals surface area contributed by atoms with E-state index in [0.29, 0.717) is 0 Å². The van der Waals surface area contributed by atoms with E-state index in [4.69, 9.17) is 9.84 Å². The maximum atomic E-state index is 11.4. The summed E-state index contributed by atoms with van der Waals surface area (Å²) in [4.78, 5) is 0. The van der Waals surface area contributed by atoms with Gasteiger partial charge in [-0.2, -0.15) is 0 Å². The number of hydrogen-bond acceptors (Lipinski definition) is 4. The second kappa shape index (κ2) is 7.59. The number of aliphatic hydroxyl groups is 1. The van der Waals surface area contributed by atoms with Crippen molar-refractivity contribution in [3.63, 3.8) is 0 Å². The maximum Gasteiger partial charge on any atom is 0.211 e. The maximum absolute atomic E-state index is 11.4. The molecule has 0 amide bonds. The van der Waals surface area contributed by atoms with Gasteiger partial charge in [0.1, 0.15) is 0 Å². The molecular formula is C13H21NO4S. The van der Waals surface area contributed by atoms with E-state index in [1.807, 2.05) is 31.2 Å². The Morgan fingerprint density at radius 2 is 1.95 bits per heavy atom. The lowest BCUT2D eigenvalue weighted by Crippen LogP contribution is -2.31. The molecule has 0 aliphatic rings. The molecule has 0 fully saturated rings. The van der Waals surface area contributed by atoms with Crippen molar-refractivity contribution in [1.29, 1.82) is 0 Å². The minimum atomic E-state index is -3.25. The summed E-state index contributed by atoms with van der Waals surface area (Å²) in [6.45, 7) is 3.81. The van der Waals surface area contributed by atoms with Gasteiger partial charge in [-0.1, -0.05) is 29.8 Å². The molecule has 1 atom stereocenters. The summed E-state index contributed by atoms with van der Waals surface area (Å²) in [6, 6.07) is 7.69. The van der Waals surface area contributed by atoms with Crippen LogP contribution in [0.15, 0.2) is 24.3 Å². The molecule has 1 unspecified atom stereocenters. The van der Waals surface area contributed by atoms with Crippen LogP contribution in [-0.2, 0) is 14.8 Å². The lowest BCUT2D eigenvalue weighted by molar-refractivity contribution is 0.0309. The number of nitrogens with one attached hydrogen (secondary N) is 1. The molecule has 0 radical (unpaired) electrons. The third kappa shape index (κ3) is 5.69. The number of rotatable bonds is 8. The van der Waals surface area contributed by atoms with E-state index >= 15 is 0 Å². The fourth-order valence-electron chi connectivity index (χ4n) is 1.55. The summed E-state index contributed by atoms with van der Waals surface area (Å²) in [5, 5.41) is 8.82. The molecule has 0 heterocycles. The first-order chi connectivity index (χ1) is 8.98. The van der Waals surface area contributed by atoms with Crippen molar-refractivity contribution in [3.05, 3.63) is 35.4 Å². The first-order valence-corrected chi connectivity index (χ1v) is 7.90. The van der Waals surface area contributed by atoms with E-state index in [-0.39, 0.29) is 25.5 Å². The third-order valence-corrected chi connectivity index (χ3v) is 4.09. The van der Waals surface area contributed by atoms with Gasteiger partial charge in [0.05, 0.1) is 25.1 Å². The largest absolute Gasteiger partial charge is 0.394 e. The number of sulfonamides is 1. The number of aliphatic hydroxyl groups excluding tert-OH is 1. The fraction of sp³-hybridized carbons (Fsp3) is 0.538. The zero-order valence-corrected chi connectivity index (χ0v) is 12.1. The van der Waals surface area contributed by atoms with Gasteiger partial charge in [0.15, 0.2) is 0 Å². The van der Waals surface area contributed by atoms with Crippen molar-refractivity contribution in [1.82, 2.24) is 4.72 Å². The standard InChI is InChI=1S/C13H21NO4S/c1-3-19(16,17)14-10-13(18-9-8-15)12-6-4-11(2)5-7-12/h4-7,13-15H,3,8-10H2,1-2H3. The van der Waals surface area contributed by atoms with Gasteiger partial charge in [0.25, 0.3) is 0 Å². The van der Waals surface area contributed by atoms with Crippen molar-refractivity contribution >= 4 is 10.0 Å². The molecule has 1 aromatic rings. The lowest BCUT2D eigenvalue weighted by atomic mass is 10.1. The third-order valence-electron chi connectivity index (χ3n) is 2.73. The van der Waals surface area contributed by atoms with Gasteiger partial charge in [-0.25, -0.2) is 13.1 Å². The second-order valence-electron chi connectivity index (χ2n) is 4.25. The second-order valence-corrected chi connectivity index (χ2v) is 6.34. The summed E-state index contributed by atoms with van der Waals surface area (Å²) in [5.74, 6) is 0.0353. The molecule has 19 heavy (non-hydrogen) atoms. The van der Waals surface area contributed by atoms with Crippen molar-refractivity contribution in [2.45, 2.75) is 20.0 Å². The number of hydrogen-bond donors (Lipinski definition) is 2. The van der Waals surface area contributed by atoms with E-state index < -0.39 is 16.1 Å². The monoisotopic (exact) mass is 287 g/mol. The Balaban J connectivity index is 2.74. The van der Waals surface area contributed by atoms with Crippen LogP contribution < -0.4 is 4.72 Å². The molecular weight excluding hydrogens is 266 g/mol. The van der Waals surface area contributed by atoms with Crippen LogP contribution in [0.4, 0.5) is 0 Å². The Morgan fingerprint density at radius 3 is 2.47 bits per heavy atom. The van der Waals surface area contributed by atoms with Crippen LogP contribution in [0.25, 0.3) is 0 Å². The predicted molar refractivity (Wildman–Crippen MR) is 74.4 cm³/mol. The number of ether oxygens (including phenoxy) is 1. The van der Waals surface area contributed by atoms with E-state index in [0.717, 1.165) is 11.1 Å². The molecule has 0 aliphatic carbocycles. The molecule has 5 nitrogen and oxygen atoms in total. The normalized spacial score (nSPS) is 13.4. The van der Waals surface area contributed by atoms with Crippen LogP contribution >= 0.6 is 0 Å². The number of aryl methyl sites for hydroxylation is 1. The summed E-state index contributed by atoms with van der Waals surface area (Å²) in [5.41, 5.74) is 2.01. The minimum Gasteiger partial charge on any atom is -0.394 e. The van der Waals surface area contributed by atoms with E-state index in [1.54, 1.807) is 6.92 Å². The molecule has 0 bridgehead atoms. The lowest BCUT2D eigenvalue weighted by Gasteiger charge is -2.18. The van der Waals surface area contributed by atoms with Crippen LogP contribution in [0.3, 0.4) is 0 Å². The Bertz CT molecular complexity index is 470. The summed E-state index contributed by atoms with van der Waals surface area (Å²) in [6.07, 6.45) is -0.394. The average Bonchev–Trinajstić information content (AvgIpc) is 2.40. The molecule has 2 N–H and O–H groups in total. The molecule has 0 saturated carbocycles. The SMILES string of the molecule is CCS(=O)(=O)NCC(OCCO)c1ccc(C)cc1. The van der Waals surface area contributed by atoms with Gasteiger partial charge >= 0.3 is 0 Å². The smallest absolute Gasteiger partial charge is 0.211 e. The van der Waals surface area contributed by atoms with E-state index in [9.17, 15) is 8.42 Å². The molecule has 0 aliphatic heterocycles. The summed E-state index contributed by atoms with van der Waals surface area (Å²) in [7, 11) is -3.25. The predicted octanol–water partition coefficient (Wildman–Crippen LogP) is 0.984. The van der Waals surface area contributed by atoms with Crippen LogP contribution in [0.5, 0.6) is 0 Å². The molecule has 0 aromatic heterocycles. The van der Waals surface area contributed by atoms with Crippen LogP contribution in [-0.4, -0.2) is 39.0 Å². The van der Waals surface area contributed by atoms with Crippen molar-refractivity contribution in [2.75, 3.05) is 25.5 Å². The highest BCUT2D eigenvalue weighted by Gasteiger charge is 2.15. The van der Waals surface area contributed by atoms with Gasteiger partial charge < -0.3 is 9.84 Å². The average molecular weight is 287 g/mol. The highest BCUT2D eigenvalue weighted by Crippen LogP contribution is 2.17. The Hall–Kier alpha value is -0.950. The van der Waals surface area contributed by atoms with Gasteiger partial charge in [-0.15, -0.1) is 0 Å². The van der Waals surface area contributed by atoms with Gasteiger partial charge in [-0.05, 0) is 19.4 Å². The highest BCUT2D eigenvalue weighted by atomic mass is 32.2. The van der Waals surface area contributed by atoms with E-state index in [2.05, 4.69) is 4.72 Å². The minimum absolute atomic E-state index is 0.0353. The van der Waals surface area contributed by atoms with Crippen LogP contribution in [0.2, 0.25) is 0 Å². The molecule has 0 saturated heterocycles. The van der Waals surface area contributed by atoms with Crippen molar-refractivity contribution < 1.29 is 18.3 Å². The molecule has 1 rings (SSSR count). The molecule has 6 heteroatoms. The van der Waals surface area contributed by atoms with Gasteiger partial charge in [0, 0.05) is 6.54 Å². The Labute approximate surface area is 114 Å². The highest BCUT2D eigenvalue weighted by molar-refractivity contribution is 7.89. The van der Waals surface area contributed by atoms with Crippen molar-refractivity contribution in [2.24, 2.45) is 0 Å². The summed E-state index contributed by atoms with van der Waals surface area (Å²) >= 11 is 0. The number of benzene rings is 1. The van der Waals surface area contributed by atoms with Crippen LogP contribution in [0.1, 0.15) is 24.2 Å². The Morgan fingerprint density at radius 1 is 1.32 bits per heavy atom. The summed E-state index contributed by atoms with van der Waals surface area (Å²) < 4.78 is 30.9. The first-order valence-electron chi connectivity index (χ1n) is 6.25. The first kappa shape index (κ1) is 16.1. The zero-order chi connectivity index (χ0) is 14.3. The van der Waals surface area contributed by atoms with Gasteiger partial charge in [0.2, 0.25) is 10.0 Å². The van der Waals surface area contributed by atoms with Crippen molar-refractivity contribution in [3.8, 4) is 0 Å². The van der Waals surface area contributed by atoms with Crippen LogP contribution in [0, 0.1) is 6.92 Å².